The molecule has 1 fully saturated rings. The Morgan fingerprint density at radius 2 is 2.15 bits per heavy atom. The summed E-state index contributed by atoms with van der Waals surface area (Å²) < 4.78 is 11.2. The molecule has 4 rings (SSSR count). The highest BCUT2D eigenvalue weighted by molar-refractivity contribution is 7.80. The van der Waals surface area contributed by atoms with Crippen molar-refractivity contribution in [3.8, 4) is 5.88 Å². The summed E-state index contributed by atoms with van der Waals surface area (Å²) >= 11 is 4.34. The van der Waals surface area contributed by atoms with Crippen LogP contribution in [0.15, 0.2) is 41.4 Å². The first-order chi connectivity index (χ1) is 16.5. The van der Waals surface area contributed by atoms with E-state index in [1.165, 1.54) is 12.5 Å². The first kappa shape index (κ1) is 24.3. The number of aromatic nitrogens is 3. The van der Waals surface area contributed by atoms with Crippen LogP contribution in [0.3, 0.4) is 0 Å². The van der Waals surface area contributed by atoms with Crippen molar-refractivity contribution in [3.05, 3.63) is 47.8 Å². The monoisotopic (exact) mass is 482 g/mol. The second kappa shape index (κ2) is 11.6. The van der Waals surface area contributed by atoms with Crippen LogP contribution in [0, 0.1) is 0 Å². The number of thiol groups is 1. The summed E-state index contributed by atoms with van der Waals surface area (Å²) in [7, 11) is 1.62. The molecule has 0 aromatic carbocycles. The third kappa shape index (κ3) is 6.41. The zero-order valence-corrected chi connectivity index (χ0v) is 20.3. The minimum atomic E-state index is -0.168. The summed E-state index contributed by atoms with van der Waals surface area (Å²) in [6.07, 6.45) is 2.81. The quantitative estimate of drug-likeness (QED) is 0.400. The van der Waals surface area contributed by atoms with Gasteiger partial charge in [0, 0.05) is 56.8 Å². The number of amides is 1. The lowest BCUT2D eigenvalue weighted by Crippen LogP contribution is -2.47. The van der Waals surface area contributed by atoms with Gasteiger partial charge in [0.05, 0.1) is 36.5 Å². The van der Waals surface area contributed by atoms with E-state index in [2.05, 4.69) is 43.1 Å². The van der Waals surface area contributed by atoms with Gasteiger partial charge in [-0.25, -0.2) is 9.97 Å². The highest BCUT2D eigenvalue weighted by atomic mass is 32.1. The molecule has 1 atom stereocenters. The van der Waals surface area contributed by atoms with Crippen LogP contribution in [0.1, 0.15) is 18.2 Å². The van der Waals surface area contributed by atoms with Gasteiger partial charge in [0.1, 0.15) is 5.82 Å². The molecule has 1 amide bonds. The molecule has 0 saturated carbocycles. The van der Waals surface area contributed by atoms with E-state index in [4.69, 9.17) is 9.47 Å². The Kier molecular flexibility index (Phi) is 8.28. The number of nitrogens with zero attached hydrogens (tertiary/aromatic N) is 4. The number of morpholine rings is 1. The average Bonchev–Trinajstić information content (AvgIpc) is 2.84. The number of carbonyl (C=O) groups excluding carboxylic acids is 1. The second-order valence-electron chi connectivity index (χ2n) is 8.22. The third-order valence-corrected chi connectivity index (χ3v) is 6.04. The van der Waals surface area contributed by atoms with Crippen molar-refractivity contribution in [1.29, 1.82) is 0 Å². The van der Waals surface area contributed by atoms with Crippen molar-refractivity contribution < 1.29 is 14.3 Å². The highest BCUT2D eigenvalue weighted by Gasteiger charge is 2.20. The molecule has 1 aliphatic heterocycles. The number of carbonyl (C=O) groups is 1. The van der Waals surface area contributed by atoms with E-state index < -0.39 is 0 Å². The second-order valence-corrected chi connectivity index (χ2v) is 8.70. The number of methoxy groups -OCH3 is 1. The lowest BCUT2D eigenvalue weighted by Gasteiger charge is -2.33. The van der Waals surface area contributed by atoms with Gasteiger partial charge in [0.2, 0.25) is 11.8 Å². The SMILES string of the molecule is COc1ccc2nccc(CCN3CCOC(CNCc4ccc(S)c(NC(C)=O)n4)C3)c2n1. The number of fused-ring (bicyclic) bond motifs is 1. The lowest BCUT2D eigenvalue weighted by molar-refractivity contribution is -0.114. The maximum absolute atomic E-state index is 11.3. The standard InChI is InChI=1S/C24H30N6O3S/c1-16(31)27-24-21(34)5-3-18(28-24)13-25-14-19-15-30(11-12-33-19)10-8-17-7-9-26-20-4-6-22(32-2)29-23(17)20/h3-7,9,19,25,34H,8,10-15H2,1-2H3,(H,27,28,31). The minimum Gasteiger partial charge on any atom is -0.481 e. The van der Waals surface area contributed by atoms with Crippen LogP contribution in [0.2, 0.25) is 0 Å². The van der Waals surface area contributed by atoms with Crippen LogP contribution in [0.5, 0.6) is 5.88 Å². The highest BCUT2D eigenvalue weighted by Crippen LogP contribution is 2.20. The van der Waals surface area contributed by atoms with E-state index in [0.29, 0.717) is 36.3 Å². The van der Waals surface area contributed by atoms with Gasteiger partial charge in [-0.15, -0.1) is 12.6 Å². The van der Waals surface area contributed by atoms with Crippen LogP contribution in [-0.2, 0) is 22.5 Å². The molecule has 1 unspecified atom stereocenters. The van der Waals surface area contributed by atoms with Crippen molar-refractivity contribution in [1.82, 2.24) is 25.2 Å². The summed E-state index contributed by atoms with van der Waals surface area (Å²) in [4.78, 5) is 27.9. The number of pyridine rings is 3. The summed E-state index contributed by atoms with van der Waals surface area (Å²) in [5.41, 5.74) is 3.77. The maximum atomic E-state index is 11.3. The third-order valence-electron chi connectivity index (χ3n) is 5.68. The fourth-order valence-corrected chi connectivity index (χ4v) is 4.15. The van der Waals surface area contributed by atoms with Crippen molar-refractivity contribution >= 4 is 35.4 Å². The molecule has 180 valence electrons. The van der Waals surface area contributed by atoms with Crippen molar-refractivity contribution in [2.24, 2.45) is 0 Å². The van der Waals surface area contributed by atoms with E-state index in [-0.39, 0.29) is 12.0 Å². The van der Waals surface area contributed by atoms with Gasteiger partial charge in [-0.2, -0.15) is 0 Å². The summed E-state index contributed by atoms with van der Waals surface area (Å²) in [6, 6.07) is 9.55. The van der Waals surface area contributed by atoms with Crippen LogP contribution in [0.4, 0.5) is 5.82 Å². The molecule has 10 heteroatoms. The molecular weight excluding hydrogens is 452 g/mol. The Hall–Kier alpha value is -2.79. The zero-order valence-electron chi connectivity index (χ0n) is 19.5. The van der Waals surface area contributed by atoms with Gasteiger partial charge < -0.3 is 20.1 Å². The molecule has 0 bridgehead atoms. The number of ether oxygens (including phenoxy) is 2. The van der Waals surface area contributed by atoms with Crippen LogP contribution >= 0.6 is 12.6 Å². The fraction of sp³-hybridized carbons (Fsp3) is 0.417. The van der Waals surface area contributed by atoms with E-state index in [9.17, 15) is 4.79 Å². The van der Waals surface area contributed by atoms with E-state index in [1.807, 2.05) is 36.5 Å². The number of hydrogen-bond acceptors (Lipinski definition) is 9. The largest absolute Gasteiger partial charge is 0.481 e. The molecule has 0 aliphatic carbocycles. The number of hydrogen-bond donors (Lipinski definition) is 3. The van der Waals surface area contributed by atoms with Crippen molar-refractivity contribution in [2.45, 2.75) is 30.9 Å². The van der Waals surface area contributed by atoms with Crippen LogP contribution < -0.4 is 15.4 Å². The first-order valence-corrected chi connectivity index (χ1v) is 11.8. The normalized spacial score (nSPS) is 16.5. The Balaban J connectivity index is 1.28. The van der Waals surface area contributed by atoms with Crippen molar-refractivity contribution in [3.63, 3.8) is 0 Å². The Bertz CT molecular complexity index is 1140. The predicted octanol–water partition coefficient (Wildman–Crippen LogP) is 2.31. The summed E-state index contributed by atoms with van der Waals surface area (Å²) in [5, 5.41) is 6.12. The van der Waals surface area contributed by atoms with Crippen molar-refractivity contribution in [2.75, 3.05) is 45.2 Å². The number of anilines is 1. The molecule has 9 nitrogen and oxygen atoms in total. The summed E-state index contributed by atoms with van der Waals surface area (Å²) in [6.45, 7) is 6.13. The molecule has 0 radical (unpaired) electrons. The van der Waals surface area contributed by atoms with Gasteiger partial charge in [-0.3, -0.25) is 14.7 Å². The zero-order chi connectivity index (χ0) is 23.9. The average molecular weight is 483 g/mol. The molecule has 1 aliphatic rings. The van der Waals surface area contributed by atoms with E-state index in [0.717, 1.165) is 42.8 Å². The van der Waals surface area contributed by atoms with Gasteiger partial charge in [0.15, 0.2) is 0 Å². The molecule has 3 aromatic heterocycles. The molecule has 0 spiro atoms. The Morgan fingerprint density at radius 1 is 1.26 bits per heavy atom. The maximum Gasteiger partial charge on any atom is 0.222 e. The van der Waals surface area contributed by atoms with Gasteiger partial charge in [-0.1, -0.05) is 0 Å². The molecular formula is C24H30N6O3S. The molecule has 1 saturated heterocycles. The van der Waals surface area contributed by atoms with Gasteiger partial charge in [0.25, 0.3) is 0 Å². The molecule has 3 aromatic rings. The first-order valence-electron chi connectivity index (χ1n) is 11.3. The van der Waals surface area contributed by atoms with E-state index in [1.54, 1.807) is 7.11 Å². The molecule has 4 heterocycles. The minimum absolute atomic E-state index is 0.0973. The van der Waals surface area contributed by atoms with Gasteiger partial charge in [-0.05, 0) is 36.2 Å². The predicted molar refractivity (Wildman–Crippen MR) is 133 cm³/mol. The Morgan fingerprint density at radius 3 is 2.97 bits per heavy atom. The topological polar surface area (TPSA) is 102 Å². The smallest absolute Gasteiger partial charge is 0.222 e. The molecule has 34 heavy (non-hydrogen) atoms. The fourth-order valence-electron chi connectivity index (χ4n) is 3.97. The Labute approximate surface area is 204 Å². The van der Waals surface area contributed by atoms with E-state index >= 15 is 0 Å². The lowest BCUT2D eigenvalue weighted by atomic mass is 10.1. The molecule has 2 N–H and O–H groups in total. The summed E-state index contributed by atoms with van der Waals surface area (Å²) in [5.74, 6) is 0.909. The number of rotatable bonds is 9. The number of nitrogens with one attached hydrogen (secondary N) is 2. The van der Waals surface area contributed by atoms with Gasteiger partial charge >= 0.3 is 0 Å². The van der Waals surface area contributed by atoms with Crippen LogP contribution in [0.25, 0.3) is 11.0 Å². The van der Waals surface area contributed by atoms with Crippen LogP contribution in [-0.4, -0.2) is 71.8 Å².